The Morgan fingerprint density at radius 1 is 0.356 bits per heavy atom. The third-order valence-electron chi connectivity index (χ3n) is 14.0. The zero-order valence-electron chi connectivity index (χ0n) is 39.2. The number of pyridine rings is 2. The number of ether oxygens (including phenoxy) is 1. The Morgan fingerprint density at radius 2 is 0.863 bits per heavy atom. The van der Waals surface area contributed by atoms with E-state index in [0.717, 1.165) is 115 Å². The molecule has 0 fully saturated rings. The van der Waals surface area contributed by atoms with Gasteiger partial charge in [0.1, 0.15) is 0 Å². The van der Waals surface area contributed by atoms with Crippen molar-refractivity contribution in [1.29, 1.82) is 0 Å². The van der Waals surface area contributed by atoms with Crippen LogP contribution in [0.3, 0.4) is 0 Å². The average Bonchev–Trinajstić information content (AvgIpc) is 4.08. The van der Waals surface area contributed by atoms with Crippen molar-refractivity contribution < 1.29 is 24.1 Å². The fourth-order valence-electron chi connectivity index (χ4n) is 10.8. The van der Waals surface area contributed by atoms with Gasteiger partial charge in [0.15, 0.2) is 0 Å². The van der Waals surface area contributed by atoms with E-state index < -0.39 is 0 Å². The summed E-state index contributed by atoms with van der Waals surface area (Å²) in [6, 6.07) is 83.6. The topological polar surface area (TPSA) is 54.7 Å². The molecular weight excluding hydrogens is 1080 g/mol. The molecule has 0 saturated carbocycles. The SMILES string of the molecule is [Pt]=[c]1n(-c2cccc(Oc3ccc4c5ccccc5n(-c5cc(-n6c7ccccc7c7ccccc76)c(-c6ccncc6)cn5)c4c3)c2)c2ccccc2n1-c1c(-c2ccccc2)cccc1-c1ccccc1. The van der Waals surface area contributed by atoms with Crippen molar-refractivity contribution in [2.45, 2.75) is 0 Å². The molecule has 0 aliphatic carbocycles. The third-order valence-corrected chi connectivity index (χ3v) is 15.0. The second kappa shape index (κ2) is 17.6. The molecule has 0 spiro atoms. The first-order valence-corrected chi connectivity index (χ1v) is 25.4. The number of hydrogen-bond donors (Lipinski definition) is 0. The molecule has 0 N–H and O–H groups in total. The summed E-state index contributed by atoms with van der Waals surface area (Å²) >= 11 is 2.50. The predicted octanol–water partition coefficient (Wildman–Crippen LogP) is 16.3. The number of aromatic nitrogens is 6. The van der Waals surface area contributed by atoms with Crippen LogP contribution in [0.4, 0.5) is 0 Å². The van der Waals surface area contributed by atoms with Gasteiger partial charge in [-0.3, -0.25) is 4.98 Å². The van der Waals surface area contributed by atoms with Crippen LogP contribution in [-0.4, -0.2) is 28.2 Å². The number of hydrogen-bond acceptors (Lipinski definition) is 3. The van der Waals surface area contributed by atoms with E-state index in [4.69, 9.17) is 9.72 Å². The molecule has 348 valence electrons. The molecule has 0 unspecified atom stereocenters. The summed E-state index contributed by atoms with van der Waals surface area (Å²) in [4.78, 5) is 9.63. The van der Waals surface area contributed by atoms with Gasteiger partial charge in [0.25, 0.3) is 0 Å². The van der Waals surface area contributed by atoms with Crippen LogP contribution in [-0.2, 0) is 19.4 Å². The quantitative estimate of drug-likeness (QED) is 0.145. The number of rotatable bonds is 9. The van der Waals surface area contributed by atoms with Gasteiger partial charge < -0.3 is 4.57 Å². The van der Waals surface area contributed by atoms with E-state index in [1.54, 1.807) is 0 Å². The number of imidazole rings is 1. The fourth-order valence-corrected chi connectivity index (χ4v) is 11.9. The second-order valence-corrected chi connectivity index (χ2v) is 19.1. The van der Waals surface area contributed by atoms with Gasteiger partial charge in [0.05, 0.1) is 16.7 Å². The number of nitrogens with zero attached hydrogens (tertiary/aromatic N) is 6. The molecule has 8 heteroatoms. The van der Waals surface area contributed by atoms with Gasteiger partial charge in [-0.1, -0.05) is 48.5 Å². The Kier molecular flexibility index (Phi) is 10.3. The first-order valence-electron chi connectivity index (χ1n) is 24.3. The number of para-hydroxylation sites is 6. The average molecular weight is 1120 g/mol. The molecule has 73 heavy (non-hydrogen) atoms. The Labute approximate surface area is 431 Å². The van der Waals surface area contributed by atoms with E-state index in [-0.39, 0.29) is 0 Å². The molecule has 14 aromatic rings. The number of fused-ring (bicyclic) bond motifs is 7. The fraction of sp³-hybridized carbons (Fsp3) is 0. The summed E-state index contributed by atoms with van der Waals surface area (Å²) in [6.07, 6.45) is 5.69. The molecule has 7 nitrogen and oxygen atoms in total. The van der Waals surface area contributed by atoms with Crippen molar-refractivity contribution in [3.63, 3.8) is 0 Å². The minimum absolute atomic E-state index is 0.719. The zero-order chi connectivity index (χ0) is 48.4. The third kappa shape index (κ3) is 7.11. The Hall–Kier alpha value is -9.16. The standard InChI is InChI=1S/C65H42N6O.Pt/c1-3-17-44(18-4-1)50-26-16-27-51(45-19-5-2-6-20-45)65(50)69-43-68(60-31-13-14-32-61(60)69)47-21-15-22-48(39-47)72-49-33-34-55-54-25-9-12-30-59(54)71(62(55)40-49)64-41-63(56(42-67-64)46-35-37-66-38-36-46)70-57-28-10-7-23-52(57)53-24-8-11-29-58(53)70;/h1-42H;. The minimum atomic E-state index is 0.719. The molecule has 0 aliphatic heterocycles. The van der Waals surface area contributed by atoms with E-state index in [9.17, 15) is 0 Å². The van der Waals surface area contributed by atoms with Crippen LogP contribution in [0.25, 0.3) is 111 Å². The first kappa shape index (κ1) is 42.7. The van der Waals surface area contributed by atoms with Gasteiger partial charge >= 0.3 is 294 Å². The maximum absolute atomic E-state index is 6.92. The van der Waals surface area contributed by atoms with E-state index in [1.807, 2.05) is 24.7 Å². The maximum atomic E-state index is 6.92. The first-order chi connectivity index (χ1) is 36.2. The monoisotopic (exact) mass is 1120 g/mol. The normalized spacial score (nSPS) is 11.6. The van der Waals surface area contributed by atoms with Gasteiger partial charge in [0.2, 0.25) is 0 Å². The molecule has 14 rings (SSSR count). The molecule has 0 saturated heterocycles. The molecule has 0 bridgehead atoms. The van der Waals surface area contributed by atoms with E-state index in [0.29, 0.717) is 0 Å². The molecular formula is C65H42N6OPt. The van der Waals surface area contributed by atoms with Gasteiger partial charge in [0, 0.05) is 34.9 Å². The van der Waals surface area contributed by atoms with Gasteiger partial charge in [-0.05, 0) is 29.8 Å². The van der Waals surface area contributed by atoms with Crippen LogP contribution in [0.15, 0.2) is 255 Å². The second-order valence-electron chi connectivity index (χ2n) is 18.1. The Morgan fingerprint density at radius 3 is 1.49 bits per heavy atom. The molecule has 0 atom stereocenters. The van der Waals surface area contributed by atoms with Crippen molar-refractivity contribution in [3.8, 4) is 67.8 Å². The molecule has 5 heterocycles. The molecule has 0 amide bonds. The summed E-state index contributed by atoms with van der Waals surface area (Å²) in [5.74, 6) is 2.24. The zero-order valence-corrected chi connectivity index (χ0v) is 41.4. The van der Waals surface area contributed by atoms with Crippen molar-refractivity contribution in [2.75, 3.05) is 0 Å². The van der Waals surface area contributed by atoms with Crippen LogP contribution >= 0.6 is 0 Å². The van der Waals surface area contributed by atoms with Gasteiger partial charge in [-0.25, -0.2) is 0 Å². The van der Waals surface area contributed by atoms with Crippen LogP contribution in [0.1, 0.15) is 0 Å². The summed E-state index contributed by atoms with van der Waals surface area (Å²) in [7, 11) is 0. The summed E-state index contributed by atoms with van der Waals surface area (Å²) in [5, 5.41) is 4.64. The van der Waals surface area contributed by atoms with Crippen LogP contribution in [0, 0.1) is 3.80 Å². The van der Waals surface area contributed by atoms with E-state index in [1.165, 1.54) is 10.8 Å². The van der Waals surface area contributed by atoms with Crippen molar-refractivity contribution in [2.24, 2.45) is 0 Å². The molecule has 0 radical (unpaired) electrons. The van der Waals surface area contributed by atoms with Gasteiger partial charge in [-0.15, -0.1) is 0 Å². The number of benzene rings is 9. The van der Waals surface area contributed by atoms with Crippen LogP contribution in [0.2, 0.25) is 0 Å². The summed E-state index contributed by atoms with van der Waals surface area (Å²) in [6.45, 7) is 0. The van der Waals surface area contributed by atoms with E-state index >= 15 is 0 Å². The van der Waals surface area contributed by atoms with Crippen LogP contribution < -0.4 is 4.74 Å². The van der Waals surface area contributed by atoms with Crippen LogP contribution in [0.5, 0.6) is 11.5 Å². The predicted molar refractivity (Wildman–Crippen MR) is 293 cm³/mol. The molecule has 5 aromatic heterocycles. The van der Waals surface area contributed by atoms with Crippen molar-refractivity contribution >= 4 is 54.6 Å². The van der Waals surface area contributed by atoms with E-state index in [2.05, 4.69) is 273 Å². The molecule has 0 aliphatic rings. The van der Waals surface area contributed by atoms with Gasteiger partial charge in [-0.2, -0.15) is 0 Å². The Balaban J connectivity index is 0.907. The van der Waals surface area contributed by atoms with Crippen molar-refractivity contribution in [3.05, 3.63) is 259 Å². The summed E-state index contributed by atoms with van der Waals surface area (Å²) in [5.41, 5.74) is 16.3. The summed E-state index contributed by atoms with van der Waals surface area (Å²) < 4.78 is 17.3. The molecule has 9 aromatic carbocycles. The van der Waals surface area contributed by atoms with Crippen molar-refractivity contribution in [1.82, 2.24) is 28.2 Å². The Bertz CT molecular complexity index is 4380.